The Kier molecular flexibility index (Phi) is 8.31. The monoisotopic (exact) mass is 555 g/mol. The molecular weight excluding hydrogens is 514 g/mol. The maximum Gasteiger partial charge on any atom is 0.138 e. The van der Waals surface area contributed by atoms with Crippen LogP contribution in [0.2, 0.25) is 0 Å². The normalized spacial score (nSPS) is 12.9. The van der Waals surface area contributed by atoms with Crippen molar-refractivity contribution in [2.45, 2.75) is 32.1 Å². The first-order valence-corrected chi connectivity index (χ1v) is 15.1. The molecule has 4 aromatic carbocycles. The largest absolute Gasteiger partial charge is 0.338 e. The molecule has 0 amide bonds. The average Bonchev–Trinajstić information content (AvgIpc) is 3.61. The van der Waals surface area contributed by atoms with Crippen LogP contribution in [0.4, 0.5) is 5.69 Å². The zero-order valence-corrected chi connectivity index (χ0v) is 25.3. The summed E-state index contributed by atoms with van der Waals surface area (Å²) >= 11 is 0. The third-order valence-corrected chi connectivity index (χ3v) is 8.17. The Hall–Kier alpha value is -4.06. The molecule has 0 unspecified atom stereocenters. The van der Waals surface area contributed by atoms with Crippen LogP contribution in [0.15, 0.2) is 89.9 Å². The number of imidazole rings is 1. The van der Waals surface area contributed by atoms with Crippen molar-refractivity contribution in [3.8, 4) is 22.5 Å². The van der Waals surface area contributed by atoms with Gasteiger partial charge < -0.3 is 14.8 Å². The van der Waals surface area contributed by atoms with E-state index in [0.29, 0.717) is 0 Å². The summed E-state index contributed by atoms with van der Waals surface area (Å²) in [6.07, 6.45) is 5.43. The molecule has 5 heteroatoms. The van der Waals surface area contributed by atoms with E-state index in [1.54, 1.807) is 0 Å². The molecule has 2 heterocycles. The van der Waals surface area contributed by atoms with Crippen molar-refractivity contribution in [1.29, 1.82) is 0 Å². The van der Waals surface area contributed by atoms with Crippen molar-refractivity contribution in [2.24, 2.45) is 4.99 Å². The summed E-state index contributed by atoms with van der Waals surface area (Å²) in [5.41, 5.74) is 13.0. The van der Waals surface area contributed by atoms with Crippen LogP contribution in [0.25, 0.3) is 33.5 Å². The van der Waals surface area contributed by atoms with Gasteiger partial charge in [-0.2, -0.15) is 0 Å². The molecule has 1 aromatic heterocycles. The van der Waals surface area contributed by atoms with Crippen molar-refractivity contribution < 1.29 is 0 Å². The van der Waals surface area contributed by atoms with Gasteiger partial charge in [-0.15, -0.1) is 0 Å². The van der Waals surface area contributed by atoms with Crippen LogP contribution in [-0.4, -0.2) is 66.8 Å². The lowest BCUT2D eigenvalue weighted by Gasteiger charge is -2.09. The molecule has 0 fully saturated rings. The Balaban J connectivity index is 1.16. The number of hydrogen-bond acceptors (Lipinski definition) is 4. The summed E-state index contributed by atoms with van der Waals surface area (Å²) in [5.74, 6) is 0.911. The number of hydrogen-bond donors (Lipinski definition) is 1. The molecule has 214 valence electrons. The molecule has 0 saturated heterocycles. The summed E-state index contributed by atoms with van der Waals surface area (Å²) in [5, 5.41) is 0. The zero-order valence-electron chi connectivity index (χ0n) is 25.3. The van der Waals surface area contributed by atoms with Gasteiger partial charge >= 0.3 is 0 Å². The van der Waals surface area contributed by atoms with Crippen molar-refractivity contribution in [3.63, 3.8) is 0 Å². The van der Waals surface area contributed by atoms with Gasteiger partial charge in [0.2, 0.25) is 0 Å². The maximum atomic E-state index is 5.05. The van der Waals surface area contributed by atoms with E-state index in [4.69, 9.17) is 9.98 Å². The molecule has 0 radical (unpaired) electrons. The second kappa shape index (κ2) is 12.4. The highest BCUT2D eigenvalue weighted by Gasteiger charge is 2.17. The summed E-state index contributed by atoms with van der Waals surface area (Å²) in [7, 11) is 8.51. The first-order valence-electron chi connectivity index (χ1n) is 15.1. The summed E-state index contributed by atoms with van der Waals surface area (Å²) < 4.78 is 0. The fraction of sp³-hybridized carbons (Fsp3) is 0.297. The third-order valence-electron chi connectivity index (χ3n) is 8.17. The van der Waals surface area contributed by atoms with Crippen molar-refractivity contribution in [3.05, 3.63) is 107 Å². The van der Waals surface area contributed by atoms with Crippen LogP contribution in [0.3, 0.4) is 0 Å². The van der Waals surface area contributed by atoms with Gasteiger partial charge in [0.1, 0.15) is 5.82 Å². The predicted molar refractivity (Wildman–Crippen MR) is 177 cm³/mol. The summed E-state index contributed by atoms with van der Waals surface area (Å²) in [6.45, 7) is 2.23. The van der Waals surface area contributed by atoms with E-state index in [1.165, 1.54) is 46.2 Å². The Bertz CT molecular complexity index is 1690. The van der Waals surface area contributed by atoms with Crippen LogP contribution < -0.4 is 0 Å². The molecule has 0 bridgehead atoms. The summed E-state index contributed by atoms with van der Waals surface area (Å²) in [6, 6.07) is 31.0. The van der Waals surface area contributed by atoms with Crippen LogP contribution in [-0.2, 0) is 19.3 Å². The van der Waals surface area contributed by atoms with E-state index >= 15 is 0 Å². The second-order valence-electron chi connectivity index (χ2n) is 12.1. The number of nitrogens with zero attached hydrogens (tertiary/aromatic N) is 4. The number of benzene rings is 4. The molecule has 42 heavy (non-hydrogen) atoms. The van der Waals surface area contributed by atoms with Gasteiger partial charge in [-0.05, 0) is 119 Å². The smallest absolute Gasteiger partial charge is 0.138 e. The lowest BCUT2D eigenvalue weighted by molar-refractivity contribution is 0.400. The number of aromatic amines is 1. The van der Waals surface area contributed by atoms with Crippen LogP contribution in [0.1, 0.15) is 35.1 Å². The molecule has 0 aliphatic carbocycles. The topological polar surface area (TPSA) is 47.5 Å². The van der Waals surface area contributed by atoms with E-state index < -0.39 is 0 Å². The molecule has 6 rings (SSSR count). The first kappa shape index (κ1) is 28.1. The lowest BCUT2D eigenvalue weighted by Crippen LogP contribution is -2.13. The van der Waals surface area contributed by atoms with E-state index in [-0.39, 0.29) is 0 Å². The van der Waals surface area contributed by atoms with E-state index in [0.717, 1.165) is 66.2 Å². The minimum absolute atomic E-state index is 0.882. The SMILES string of the molecule is CN(C)CCCc1ccc(C2=Nc3cc(-c4ccc5nc(-c6ccc(CCCN(C)C)cc6)[nH]c5c4)ccc3C2)cc1. The number of nitrogens with one attached hydrogen (secondary N) is 1. The molecule has 1 aliphatic rings. The van der Waals surface area contributed by atoms with Gasteiger partial charge in [0.25, 0.3) is 0 Å². The minimum atomic E-state index is 0.882. The molecule has 1 aliphatic heterocycles. The van der Waals surface area contributed by atoms with E-state index in [2.05, 4.69) is 128 Å². The highest BCUT2D eigenvalue weighted by Crippen LogP contribution is 2.34. The van der Waals surface area contributed by atoms with Crippen molar-refractivity contribution in [1.82, 2.24) is 19.8 Å². The van der Waals surface area contributed by atoms with Gasteiger partial charge in [0.05, 0.1) is 22.4 Å². The average molecular weight is 556 g/mol. The molecule has 5 nitrogen and oxygen atoms in total. The quantitative estimate of drug-likeness (QED) is 0.183. The fourth-order valence-electron chi connectivity index (χ4n) is 5.75. The zero-order chi connectivity index (χ0) is 29.1. The lowest BCUT2D eigenvalue weighted by atomic mass is 9.99. The fourth-order valence-corrected chi connectivity index (χ4v) is 5.75. The molecule has 0 saturated carbocycles. The van der Waals surface area contributed by atoms with Gasteiger partial charge in [-0.3, -0.25) is 4.99 Å². The van der Waals surface area contributed by atoms with E-state index in [9.17, 15) is 0 Å². The standard InChI is InChI=1S/C37H41N5/c1-41(2)21-5-7-26-9-13-28(14-10-26)34-25-32-18-17-30(23-35(32)38-34)31-19-20-33-36(24-31)40-37(39-33)29-15-11-27(12-16-29)8-6-22-42(3)4/h9-20,23-24H,5-8,21-22,25H2,1-4H3,(H,39,40). The van der Waals surface area contributed by atoms with Gasteiger partial charge in [0, 0.05) is 12.0 Å². The number of aliphatic imine (C=N–C) groups is 1. The van der Waals surface area contributed by atoms with Gasteiger partial charge in [-0.25, -0.2) is 4.98 Å². The van der Waals surface area contributed by atoms with Crippen molar-refractivity contribution in [2.75, 3.05) is 41.3 Å². The predicted octanol–water partition coefficient (Wildman–Crippen LogP) is 7.56. The number of fused-ring (bicyclic) bond motifs is 2. The summed E-state index contributed by atoms with van der Waals surface area (Å²) in [4.78, 5) is 18.0. The van der Waals surface area contributed by atoms with Crippen LogP contribution in [0.5, 0.6) is 0 Å². The molecule has 0 spiro atoms. The molecular formula is C37H41N5. The van der Waals surface area contributed by atoms with Gasteiger partial charge in [-0.1, -0.05) is 66.7 Å². The van der Waals surface area contributed by atoms with Crippen LogP contribution >= 0.6 is 0 Å². The molecule has 1 N–H and O–H groups in total. The Morgan fingerprint density at radius 2 is 1.21 bits per heavy atom. The number of rotatable bonds is 11. The third kappa shape index (κ3) is 6.53. The Morgan fingerprint density at radius 3 is 1.86 bits per heavy atom. The van der Waals surface area contributed by atoms with E-state index in [1.807, 2.05) is 0 Å². The second-order valence-corrected chi connectivity index (χ2v) is 12.1. The Morgan fingerprint density at radius 1 is 0.643 bits per heavy atom. The minimum Gasteiger partial charge on any atom is -0.338 e. The molecule has 5 aromatic rings. The van der Waals surface area contributed by atoms with Crippen LogP contribution in [0, 0.1) is 0 Å². The number of aryl methyl sites for hydroxylation is 2. The highest BCUT2D eigenvalue weighted by atomic mass is 15.0. The maximum absolute atomic E-state index is 5.05. The number of H-pyrrole nitrogens is 1. The first-order chi connectivity index (χ1) is 20.4. The number of aromatic nitrogens is 2. The van der Waals surface area contributed by atoms with Gasteiger partial charge in [0.15, 0.2) is 0 Å². The highest BCUT2D eigenvalue weighted by molar-refractivity contribution is 6.06. The van der Waals surface area contributed by atoms with Crippen molar-refractivity contribution >= 4 is 22.4 Å². The molecule has 0 atom stereocenters. The Labute approximate surface area is 250 Å².